The van der Waals surface area contributed by atoms with Crippen molar-refractivity contribution < 1.29 is 8.78 Å². The minimum absolute atomic E-state index is 0.289. The summed E-state index contributed by atoms with van der Waals surface area (Å²) >= 11 is 1.41. The van der Waals surface area contributed by atoms with Crippen LogP contribution in [0.15, 0.2) is 72.8 Å². The highest BCUT2D eigenvalue weighted by Crippen LogP contribution is 2.32. The second-order valence-corrected chi connectivity index (χ2v) is 9.19. The molecule has 2 heterocycles. The summed E-state index contributed by atoms with van der Waals surface area (Å²) in [6, 6.07) is 9.05. The zero-order chi connectivity index (χ0) is 25.7. The van der Waals surface area contributed by atoms with Crippen molar-refractivity contribution in [1.82, 2.24) is 20.0 Å². The number of hydrogen-bond acceptors (Lipinski definition) is 6. The van der Waals surface area contributed by atoms with Crippen molar-refractivity contribution in [2.24, 2.45) is 0 Å². The smallest absolute Gasteiger partial charge is 0.133 e. The monoisotopic (exact) mass is 506 g/mol. The molecule has 0 bridgehead atoms. The molecule has 1 aliphatic rings. The van der Waals surface area contributed by atoms with Gasteiger partial charge in [0, 0.05) is 71.1 Å². The van der Waals surface area contributed by atoms with Crippen LogP contribution in [0.5, 0.6) is 0 Å². The van der Waals surface area contributed by atoms with Gasteiger partial charge in [-0.2, -0.15) is 5.10 Å². The van der Waals surface area contributed by atoms with E-state index in [1.807, 2.05) is 61.8 Å². The molecule has 0 radical (unpaired) electrons. The Bertz CT molecular complexity index is 1360. The number of anilines is 1. The van der Waals surface area contributed by atoms with E-state index in [1.165, 1.54) is 30.3 Å². The molecule has 3 N–H and O–H groups in total. The minimum Gasteiger partial charge on any atom is -0.361 e. The van der Waals surface area contributed by atoms with Crippen LogP contribution in [0.1, 0.15) is 11.1 Å². The van der Waals surface area contributed by atoms with Gasteiger partial charge in [0.1, 0.15) is 11.6 Å². The fourth-order valence-corrected chi connectivity index (χ4v) is 4.22. The fourth-order valence-electron chi connectivity index (χ4n) is 3.86. The van der Waals surface area contributed by atoms with Crippen molar-refractivity contribution in [3.05, 3.63) is 95.6 Å². The van der Waals surface area contributed by atoms with Crippen molar-refractivity contribution in [2.75, 3.05) is 31.6 Å². The van der Waals surface area contributed by atoms with Gasteiger partial charge in [0.05, 0.1) is 12.7 Å². The van der Waals surface area contributed by atoms with Gasteiger partial charge in [-0.15, -0.1) is 0 Å². The fraction of sp³-hybridized carbons (Fsp3) is 0.185. The number of nitrogens with zero attached hydrogens (tertiary/aromatic N) is 3. The third kappa shape index (κ3) is 5.92. The zero-order valence-corrected chi connectivity index (χ0v) is 21.2. The molecule has 0 saturated heterocycles. The predicted molar refractivity (Wildman–Crippen MR) is 146 cm³/mol. The summed E-state index contributed by atoms with van der Waals surface area (Å²) in [5.41, 5.74) is 5.69. The van der Waals surface area contributed by atoms with Gasteiger partial charge in [-0.1, -0.05) is 18.0 Å². The Labute approximate surface area is 214 Å². The first-order valence-electron chi connectivity index (χ1n) is 11.3. The van der Waals surface area contributed by atoms with Crippen molar-refractivity contribution in [3.8, 4) is 11.1 Å². The molecule has 0 spiro atoms. The molecular weight excluding hydrogens is 478 g/mol. The number of aromatic nitrogens is 2. The molecule has 2 aromatic carbocycles. The molecule has 36 heavy (non-hydrogen) atoms. The van der Waals surface area contributed by atoms with Gasteiger partial charge in [0.15, 0.2) is 0 Å². The lowest BCUT2D eigenvalue weighted by Gasteiger charge is -2.16. The molecule has 0 amide bonds. The summed E-state index contributed by atoms with van der Waals surface area (Å²) in [6.45, 7) is 1.70. The van der Waals surface area contributed by atoms with E-state index < -0.39 is 11.6 Å². The standard InChI is InChI=1S/C27H28F2N6S/c1-34(2)8-9-35-17-21(16-32-35)18-4-7-27(31-15-18)25(14-30)20-10-19(11-23(12-20)33-36-3)24-6-5-22(28)13-26(24)29/h4-7,10-17,30-31,33H,8-9H2,1-3H3/b27-25+,30-14?. The Morgan fingerprint density at radius 1 is 1.17 bits per heavy atom. The van der Waals surface area contributed by atoms with Gasteiger partial charge >= 0.3 is 0 Å². The van der Waals surface area contributed by atoms with Gasteiger partial charge in [-0.25, -0.2) is 8.78 Å². The molecule has 4 rings (SSSR count). The normalized spacial score (nSPS) is 14.4. The first kappa shape index (κ1) is 25.4. The number of likely N-dealkylation sites (N-methyl/N-ethyl adjacent to an activating group) is 1. The van der Waals surface area contributed by atoms with E-state index in [2.05, 4.69) is 20.0 Å². The summed E-state index contributed by atoms with van der Waals surface area (Å²) < 4.78 is 33.1. The summed E-state index contributed by atoms with van der Waals surface area (Å²) in [5, 5.41) is 15.8. The second-order valence-electron chi connectivity index (χ2n) is 8.57. The highest BCUT2D eigenvalue weighted by atomic mass is 32.2. The molecule has 3 aromatic rings. The summed E-state index contributed by atoms with van der Waals surface area (Å²) in [4.78, 5) is 2.11. The second kappa shape index (κ2) is 11.4. The Kier molecular flexibility index (Phi) is 8.02. The van der Waals surface area contributed by atoms with Gasteiger partial charge < -0.3 is 20.3 Å². The van der Waals surface area contributed by atoms with Crippen LogP contribution in [0.2, 0.25) is 0 Å². The lowest BCUT2D eigenvalue weighted by atomic mass is 9.96. The molecule has 0 saturated carbocycles. The first-order chi connectivity index (χ1) is 17.4. The maximum absolute atomic E-state index is 14.6. The quantitative estimate of drug-likeness (QED) is 0.259. The number of dihydropyridines is 1. The van der Waals surface area contributed by atoms with Crippen LogP contribution in [-0.4, -0.2) is 47.8 Å². The Morgan fingerprint density at radius 2 is 2.00 bits per heavy atom. The maximum atomic E-state index is 14.6. The number of rotatable bonds is 9. The number of nitrogens with one attached hydrogen (secondary N) is 3. The zero-order valence-electron chi connectivity index (χ0n) is 20.3. The third-order valence-electron chi connectivity index (χ3n) is 5.70. The molecule has 0 aliphatic carbocycles. The molecule has 186 valence electrons. The van der Waals surface area contributed by atoms with E-state index >= 15 is 0 Å². The lowest BCUT2D eigenvalue weighted by Crippen LogP contribution is -2.18. The molecule has 0 atom stereocenters. The molecular formula is C27H28F2N6S. The molecule has 0 unspecified atom stereocenters. The van der Waals surface area contributed by atoms with Gasteiger partial charge in [0.2, 0.25) is 0 Å². The number of allylic oxidation sites excluding steroid dienone is 4. The SMILES string of the molecule is CSNc1cc(/C(C=N)=C2\C=CC(c3cnn(CCN(C)C)c3)=CN2)cc(-c2ccc(F)cc2F)c1. The molecule has 9 heteroatoms. The third-order valence-corrected chi connectivity index (χ3v) is 6.14. The molecule has 0 fully saturated rings. The van der Waals surface area contributed by atoms with E-state index in [-0.39, 0.29) is 5.56 Å². The lowest BCUT2D eigenvalue weighted by molar-refractivity contribution is 0.373. The van der Waals surface area contributed by atoms with Crippen molar-refractivity contribution in [2.45, 2.75) is 6.54 Å². The highest BCUT2D eigenvalue weighted by molar-refractivity contribution is 7.99. The van der Waals surface area contributed by atoms with Crippen LogP contribution < -0.4 is 10.0 Å². The van der Waals surface area contributed by atoms with E-state index in [1.54, 1.807) is 12.1 Å². The van der Waals surface area contributed by atoms with Crippen LogP contribution in [0.25, 0.3) is 22.3 Å². The van der Waals surface area contributed by atoms with Crippen molar-refractivity contribution >= 4 is 35.0 Å². The summed E-state index contributed by atoms with van der Waals surface area (Å²) in [7, 11) is 4.06. The van der Waals surface area contributed by atoms with Crippen LogP contribution in [0.3, 0.4) is 0 Å². The van der Waals surface area contributed by atoms with Gasteiger partial charge in [-0.05, 0) is 61.6 Å². The average molecular weight is 507 g/mol. The van der Waals surface area contributed by atoms with E-state index in [4.69, 9.17) is 5.41 Å². The molecule has 1 aromatic heterocycles. The Hall–Kier alpha value is -3.69. The van der Waals surface area contributed by atoms with E-state index in [9.17, 15) is 8.78 Å². The van der Waals surface area contributed by atoms with Crippen molar-refractivity contribution in [1.29, 1.82) is 5.41 Å². The Morgan fingerprint density at radius 3 is 2.67 bits per heavy atom. The highest BCUT2D eigenvalue weighted by Gasteiger charge is 2.14. The van der Waals surface area contributed by atoms with Crippen LogP contribution in [-0.2, 0) is 6.54 Å². The molecule has 6 nitrogen and oxygen atoms in total. The summed E-state index contributed by atoms with van der Waals surface area (Å²) in [5.74, 6) is -1.26. The van der Waals surface area contributed by atoms with E-state index in [0.29, 0.717) is 11.1 Å². The average Bonchev–Trinajstić information content (AvgIpc) is 3.33. The minimum atomic E-state index is -0.638. The molecule has 1 aliphatic heterocycles. The number of hydrogen-bond donors (Lipinski definition) is 3. The van der Waals surface area contributed by atoms with E-state index in [0.717, 1.165) is 47.2 Å². The van der Waals surface area contributed by atoms with Crippen molar-refractivity contribution in [3.63, 3.8) is 0 Å². The topological polar surface area (TPSA) is 69.0 Å². The van der Waals surface area contributed by atoms with Crippen LogP contribution in [0, 0.1) is 17.0 Å². The summed E-state index contributed by atoms with van der Waals surface area (Å²) in [6.07, 6.45) is 12.8. The van der Waals surface area contributed by atoms with Crippen LogP contribution >= 0.6 is 11.9 Å². The van der Waals surface area contributed by atoms with Gasteiger partial charge in [-0.3, -0.25) is 4.68 Å². The Balaban J connectivity index is 1.65. The largest absolute Gasteiger partial charge is 0.361 e. The first-order valence-corrected chi connectivity index (χ1v) is 12.6. The maximum Gasteiger partial charge on any atom is 0.133 e. The number of benzene rings is 2. The van der Waals surface area contributed by atoms with Crippen LogP contribution in [0.4, 0.5) is 14.5 Å². The number of halogens is 2. The predicted octanol–water partition coefficient (Wildman–Crippen LogP) is 5.64. The van der Waals surface area contributed by atoms with Gasteiger partial charge in [0.25, 0.3) is 0 Å².